The second-order valence-corrected chi connectivity index (χ2v) is 7.20. The second kappa shape index (κ2) is 6.85. The molecule has 1 amide bonds. The Hall–Kier alpha value is -2.78. The first-order valence-electron chi connectivity index (χ1n) is 7.58. The first-order valence-corrected chi connectivity index (χ1v) is 9.62. The van der Waals surface area contributed by atoms with Gasteiger partial charge in [-0.2, -0.15) is 4.68 Å². The number of fused-ring (bicyclic) bond motifs is 1. The number of nitrogens with one attached hydrogen (secondary N) is 1. The maximum absolute atomic E-state index is 13.8. The van der Waals surface area contributed by atoms with Gasteiger partial charge in [0.15, 0.2) is 0 Å². The maximum Gasteiger partial charge on any atom is 0.265 e. The Morgan fingerprint density at radius 3 is 2.88 bits per heavy atom. The Kier molecular flexibility index (Phi) is 4.39. The maximum atomic E-state index is 13.8. The molecule has 26 heavy (non-hydrogen) atoms. The molecule has 0 aliphatic heterocycles. The van der Waals surface area contributed by atoms with Crippen LogP contribution in [0.5, 0.6) is 0 Å². The van der Waals surface area contributed by atoms with Gasteiger partial charge in [0.2, 0.25) is 5.16 Å². The molecule has 2 heterocycles. The highest BCUT2D eigenvalue weighted by atomic mass is 32.2. The molecule has 0 saturated carbocycles. The zero-order valence-corrected chi connectivity index (χ0v) is 15.1. The minimum absolute atomic E-state index is 0.287. The zero-order valence-electron chi connectivity index (χ0n) is 13.5. The predicted octanol–water partition coefficient (Wildman–Crippen LogP) is 3.99. The number of anilines is 1. The third kappa shape index (κ3) is 3.06. The lowest BCUT2D eigenvalue weighted by atomic mass is 10.2. The van der Waals surface area contributed by atoms with E-state index in [-0.39, 0.29) is 11.7 Å². The van der Waals surface area contributed by atoms with Gasteiger partial charge in [-0.15, -0.1) is 16.4 Å². The quantitative estimate of drug-likeness (QED) is 0.538. The molecule has 4 aromatic rings. The van der Waals surface area contributed by atoms with E-state index >= 15 is 0 Å². The average molecular weight is 385 g/mol. The number of carbonyl (C=O) groups is 1. The van der Waals surface area contributed by atoms with E-state index in [0.29, 0.717) is 21.1 Å². The number of hydrogen-bond donors (Lipinski definition) is 1. The van der Waals surface area contributed by atoms with Gasteiger partial charge in [0, 0.05) is 15.8 Å². The molecule has 4 rings (SSSR count). The molecule has 1 N–H and O–H groups in total. The number of carbonyl (C=O) groups excluding carboxylic acids is 1. The fourth-order valence-electron chi connectivity index (χ4n) is 2.51. The number of nitrogens with zero attached hydrogens (tertiary/aromatic N) is 4. The molecule has 2 aromatic heterocycles. The Balaban J connectivity index is 1.61. The monoisotopic (exact) mass is 385 g/mol. The van der Waals surface area contributed by atoms with Gasteiger partial charge in [0.25, 0.3) is 5.91 Å². The van der Waals surface area contributed by atoms with Crippen molar-refractivity contribution in [3.05, 3.63) is 59.2 Å². The lowest BCUT2D eigenvalue weighted by Gasteiger charge is -2.07. The third-order valence-corrected chi connectivity index (χ3v) is 5.42. The van der Waals surface area contributed by atoms with E-state index in [2.05, 4.69) is 20.8 Å². The molecule has 6 nitrogen and oxygen atoms in total. The van der Waals surface area contributed by atoms with Crippen molar-refractivity contribution in [2.75, 3.05) is 11.6 Å². The molecule has 0 saturated heterocycles. The Labute approximate surface area is 156 Å². The van der Waals surface area contributed by atoms with E-state index in [1.807, 2.05) is 12.3 Å². The molecule has 0 fully saturated rings. The van der Waals surface area contributed by atoms with Gasteiger partial charge in [-0.3, -0.25) is 4.79 Å². The van der Waals surface area contributed by atoms with Gasteiger partial charge < -0.3 is 5.32 Å². The zero-order chi connectivity index (χ0) is 18.1. The molecule has 0 aliphatic rings. The summed E-state index contributed by atoms with van der Waals surface area (Å²) in [7, 11) is 0. The number of tetrazole rings is 1. The lowest BCUT2D eigenvalue weighted by molar-refractivity contribution is 0.103. The summed E-state index contributed by atoms with van der Waals surface area (Å²) in [6.07, 6.45) is 1.88. The molecule has 0 radical (unpaired) electrons. The van der Waals surface area contributed by atoms with Crippen molar-refractivity contribution in [3.63, 3.8) is 0 Å². The smallest absolute Gasteiger partial charge is 0.265 e. The van der Waals surface area contributed by atoms with Crippen molar-refractivity contribution in [1.82, 2.24) is 20.2 Å². The standard InChI is InChI=1S/C17H12FN5OS2/c1-25-17-20-21-22-23(17)11-5-2-4-10(8-11)19-16(24)15-9-12-13(18)6-3-7-14(12)26-15/h2-9H,1H3,(H,19,24). The van der Waals surface area contributed by atoms with Gasteiger partial charge in [-0.05, 0) is 53.1 Å². The minimum Gasteiger partial charge on any atom is -0.321 e. The fourth-order valence-corrected chi connectivity index (χ4v) is 3.92. The van der Waals surface area contributed by atoms with E-state index in [9.17, 15) is 9.18 Å². The Morgan fingerprint density at radius 2 is 2.08 bits per heavy atom. The number of thiophene rings is 1. The summed E-state index contributed by atoms with van der Waals surface area (Å²) in [5.74, 6) is -0.618. The summed E-state index contributed by atoms with van der Waals surface area (Å²) >= 11 is 2.68. The average Bonchev–Trinajstić information content (AvgIpc) is 3.29. The number of amides is 1. The molecule has 0 aliphatic carbocycles. The van der Waals surface area contributed by atoms with E-state index < -0.39 is 0 Å². The van der Waals surface area contributed by atoms with E-state index in [1.165, 1.54) is 29.2 Å². The molecule has 0 atom stereocenters. The van der Waals surface area contributed by atoms with E-state index in [4.69, 9.17) is 0 Å². The number of benzene rings is 2. The highest BCUT2D eigenvalue weighted by Crippen LogP contribution is 2.28. The molecule has 0 bridgehead atoms. The summed E-state index contributed by atoms with van der Waals surface area (Å²) in [5.41, 5.74) is 1.34. The first kappa shape index (κ1) is 16.7. The number of thioether (sulfide) groups is 1. The lowest BCUT2D eigenvalue weighted by Crippen LogP contribution is -2.10. The molecule has 2 aromatic carbocycles. The summed E-state index contributed by atoms with van der Waals surface area (Å²) < 4.78 is 16.2. The van der Waals surface area contributed by atoms with Crippen molar-refractivity contribution in [1.29, 1.82) is 0 Å². The van der Waals surface area contributed by atoms with Crippen LogP contribution in [0.15, 0.2) is 53.7 Å². The van der Waals surface area contributed by atoms with Crippen LogP contribution in [0.4, 0.5) is 10.1 Å². The normalized spacial score (nSPS) is 11.0. The van der Waals surface area contributed by atoms with Crippen LogP contribution in [0.25, 0.3) is 15.8 Å². The van der Waals surface area contributed by atoms with Crippen molar-refractivity contribution in [3.8, 4) is 5.69 Å². The highest BCUT2D eigenvalue weighted by Gasteiger charge is 2.14. The van der Waals surface area contributed by atoms with Crippen LogP contribution in [0.2, 0.25) is 0 Å². The number of halogens is 1. The van der Waals surface area contributed by atoms with Crippen molar-refractivity contribution in [2.45, 2.75) is 5.16 Å². The fraction of sp³-hybridized carbons (Fsp3) is 0.0588. The number of hydrogen-bond acceptors (Lipinski definition) is 6. The van der Waals surface area contributed by atoms with E-state index in [0.717, 1.165) is 10.4 Å². The minimum atomic E-state index is -0.330. The van der Waals surface area contributed by atoms with Gasteiger partial charge in [0.1, 0.15) is 5.82 Å². The highest BCUT2D eigenvalue weighted by molar-refractivity contribution is 7.98. The molecule has 0 spiro atoms. The van der Waals surface area contributed by atoms with Crippen LogP contribution in [-0.4, -0.2) is 32.4 Å². The van der Waals surface area contributed by atoms with Crippen LogP contribution in [0.3, 0.4) is 0 Å². The predicted molar refractivity (Wildman–Crippen MR) is 101 cm³/mol. The Morgan fingerprint density at radius 1 is 1.23 bits per heavy atom. The van der Waals surface area contributed by atoms with E-state index in [1.54, 1.807) is 41.1 Å². The van der Waals surface area contributed by atoms with Crippen LogP contribution < -0.4 is 5.32 Å². The number of rotatable bonds is 4. The SMILES string of the molecule is CSc1nnnn1-c1cccc(NC(=O)c2cc3c(F)cccc3s2)c1. The van der Waals surface area contributed by atoms with Crippen LogP contribution >= 0.6 is 23.1 Å². The van der Waals surface area contributed by atoms with Crippen LogP contribution in [0.1, 0.15) is 9.67 Å². The van der Waals surface area contributed by atoms with Crippen molar-refractivity contribution >= 4 is 44.8 Å². The molecule has 130 valence electrons. The van der Waals surface area contributed by atoms with Gasteiger partial charge in [-0.25, -0.2) is 4.39 Å². The first-order chi connectivity index (χ1) is 12.7. The molecular weight excluding hydrogens is 373 g/mol. The third-order valence-electron chi connectivity index (χ3n) is 3.70. The summed E-state index contributed by atoms with van der Waals surface area (Å²) in [6, 6.07) is 13.6. The van der Waals surface area contributed by atoms with Crippen LogP contribution in [0, 0.1) is 5.82 Å². The molecule has 9 heteroatoms. The van der Waals surface area contributed by atoms with Crippen LogP contribution in [-0.2, 0) is 0 Å². The summed E-state index contributed by atoms with van der Waals surface area (Å²) in [4.78, 5) is 13.0. The van der Waals surface area contributed by atoms with Crippen molar-refractivity contribution < 1.29 is 9.18 Å². The van der Waals surface area contributed by atoms with Gasteiger partial charge in [-0.1, -0.05) is 23.9 Å². The van der Waals surface area contributed by atoms with Gasteiger partial charge >= 0.3 is 0 Å². The second-order valence-electron chi connectivity index (χ2n) is 5.34. The van der Waals surface area contributed by atoms with Crippen molar-refractivity contribution in [2.24, 2.45) is 0 Å². The molecule has 0 unspecified atom stereocenters. The topological polar surface area (TPSA) is 72.7 Å². The largest absolute Gasteiger partial charge is 0.321 e. The molecular formula is C17H12FN5OS2. The Bertz CT molecular complexity index is 1110. The number of aromatic nitrogens is 4. The summed E-state index contributed by atoms with van der Waals surface area (Å²) in [5, 5.41) is 15.5. The summed E-state index contributed by atoms with van der Waals surface area (Å²) in [6.45, 7) is 0. The van der Waals surface area contributed by atoms with Gasteiger partial charge in [0.05, 0.1) is 10.6 Å².